The number of methoxy groups -OCH3 is 1. The molecule has 1 aliphatic rings. The molecule has 1 aromatic heterocycles. The van der Waals surface area contributed by atoms with Crippen LogP contribution in [0.4, 0.5) is 11.5 Å². The molecule has 0 amide bonds. The second-order valence-corrected chi connectivity index (χ2v) is 7.11. The molecule has 1 aromatic carbocycles. The lowest BCUT2D eigenvalue weighted by Crippen LogP contribution is -2.33. The first kappa shape index (κ1) is 19.3. The second-order valence-electron chi connectivity index (χ2n) is 7.11. The van der Waals surface area contributed by atoms with Crippen LogP contribution in [0.2, 0.25) is 0 Å². The lowest BCUT2D eigenvalue weighted by Gasteiger charge is -2.33. The third-order valence-corrected chi connectivity index (χ3v) is 5.37. The highest BCUT2D eigenvalue weighted by Gasteiger charge is 2.24. The molecule has 146 valence electrons. The number of anilines is 2. The Kier molecular flexibility index (Phi) is 6.06. The third-order valence-electron chi connectivity index (χ3n) is 5.37. The summed E-state index contributed by atoms with van der Waals surface area (Å²) in [4.78, 5) is 6.64. The lowest BCUT2D eigenvalue weighted by atomic mass is 9.86. The average Bonchev–Trinajstić information content (AvgIpc) is 2.67. The number of nitrogens with two attached hydrogens (primary N) is 2. The van der Waals surface area contributed by atoms with Crippen molar-refractivity contribution in [3.63, 3.8) is 0 Å². The Balaban J connectivity index is 1.65. The van der Waals surface area contributed by atoms with Crippen molar-refractivity contribution >= 4 is 11.5 Å². The van der Waals surface area contributed by atoms with E-state index in [0.29, 0.717) is 18.3 Å². The van der Waals surface area contributed by atoms with Crippen molar-refractivity contribution in [2.24, 2.45) is 0 Å². The Labute approximate surface area is 161 Å². The summed E-state index contributed by atoms with van der Waals surface area (Å²) in [7, 11) is 1.67. The van der Waals surface area contributed by atoms with Gasteiger partial charge in [-0.1, -0.05) is 6.07 Å². The Bertz CT molecular complexity index is 786. The molecule has 0 radical (unpaired) electrons. The highest BCUT2D eigenvalue weighted by atomic mass is 16.5. The molecule has 0 aliphatic carbocycles. The maximum atomic E-state index is 6.19. The van der Waals surface area contributed by atoms with E-state index in [0.717, 1.165) is 55.2 Å². The van der Waals surface area contributed by atoms with E-state index >= 15 is 0 Å². The molecule has 27 heavy (non-hydrogen) atoms. The number of ether oxygens (including phenoxy) is 2. The zero-order valence-corrected chi connectivity index (χ0v) is 16.5. The van der Waals surface area contributed by atoms with E-state index < -0.39 is 0 Å². The quantitative estimate of drug-likeness (QED) is 0.811. The first-order valence-corrected chi connectivity index (χ1v) is 9.56. The van der Waals surface area contributed by atoms with E-state index in [1.54, 1.807) is 13.3 Å². The van der Waals surface area contributed by atoms with Crippen LogP contribution in [0.3, 0.4) is 0 Å². The van der Waals surface area contributed by atoms with E-state index in [9.17, 15) is 0 Å². The highest BCUT2D eigenvalue weighted by Crippen LogP contribution is 2.36. The fourth-order valence-electron chi connectivity index (χ4n) is 3.93. The van der Waals surface area contributed by atoms with Gasteiger partial charge in [-0.2, -0.15) is 0 Å². The van der Waals surface area contributed by atoms with Crippen LogP contribution in [-0.2, 0) is 6.54 Å². The van der Waals surface area contributed by atoms with Gasteiger partial charge in [0.2, 0.25) is 0 Å². The van der Waals surface area contributed by atoms with E-state index in [1.807, 2.05) is 19.9 Å². The molecule has 0 atom stereocenters. The topological polar surface area (TPSA) is 86.6 Å². The third kappa shape index (κ3) is 4.27. The summed E-state index contributed by atoms with van der Waals surface area (Å²) in [5.41, 5.74) is 16.4. The summed E-state index contributed by atoms with van der Waals surface area (Å²) < 4.78 is 11.1. The number of rotatable bonds is 6. The summed E-state index contributed by atoms with van der Waals surface area (Å²) in [5, 5.41) is 0. The number of hydrogen-bond acceptors (Lipinski definition) is 6. The Morgan fingerprint density at radius 2 is 1.93 bits per heavy atom. The van der Waals surface area contributed by atoms with Gasteiger partial charge in [0.05, 0.1) is 25.6 Å². The van der Waals surface area contributed by atoms with Crippen LogP contribution < -0.4 is 20.9 Å². The first-order chi connectivity index (χ1) is 13.0. The second kappa shape index (κ2) is 8.48. The van der Waals surface area contributed by atoms with E-state index in [2.05, 4.69) is 22.0 Å². The van der Waals surface area contributed by atoms with Crippen LogP contribution in [0.1, 0.15) is 42.4 Å². The van der Waals surface area contributed by atoms with Crippen LogP contribution in [0, 0.1) is 6.92 Å². The largest absolute Gasteiger partial charge is 0.493 e. The molecule has 0 spiro atoms. The minimum Gasteiger partial charge on any atom is -0.493 e. The van der Waals surface area contributed by atoms with E-state index in [-0.39, 0.29) is 0 Å². The minimum absolute atomic E-state index is 0.446. The van der Waals surface area contributed by atoms with Crippen molar-refractivity contribution in [2.75, 3.05) is 38.3 Å². The maximum Gasteiger partial charge on any atom is 0.161 e. The standard InChI is InChI=1S/C21H30N4O2/c1-4-27-19-11-15(5-6-18(19)26-3)13-25-9-7-16(8-10-25)20-14(2)21(23)24-12-17(20)22/h5-6,11-12,16H,4,7-10,13,22H2,1-3H3,(H2,23,24). The Hall–Kier alpha value is -2.47. The normalized spacial score (nSPS) is 15.7. The smallest absolute Gasteiger partial charge is 0.161 e. The molecule has 0 bridgehead atoms. The van der Waals surface area contributed by atoms with Crippen LogP contribution in [0.15, 0.2) is 24.4 Å². The summed E-state index contributed by atoms with van der Waals surface area (Å²) in [6.07, 6.45) is 3.84. The molecule has 1 aliphatic heterocycles. The van der Waals surface area contributed by atoms with Crippen LogP contribution in [-0.4, -0.2) is 36.7 Å². The van der Waals surface area contributed by atoms with Gasteiger partial charge < -0.3 is 20.9 Å². The monoisotopic (exact) mass is 370 g/mol. The van der Waals surface area contributed by atoms with Gasteiger partial charge in [-0.3, -0.25) is 4.90 Å². The number of aromatic nitrogens is 1. The predicted molar refractivity (Wildman–Crippen MR) is 109 cm³/mol. The molecular formula is C21H30N4O2. The van der Waals surface area contributed by atoms with Crippen LogP contribution in [0.5, 0.6) is 11.5 Å². The molecule has 4 N–H and O–H groups in total. The van der Waals surface area contributed by atoms with Crippen molar-refractivity contribution in [1.82, 2.24) is 9.88 Å². The van der Waals surface area contributed by atoms with Gasteiger partial charge in [-0.15, -0.1) is 0 Å². The number of piperidine rings is 1. The summed E-state index contributed by atoms with van der Waals surface area (Å²) in [6.45, 7) is 7.60. The van der Waals surface area contributed by atoms with Gasteiger partial charge in [0, 0.05) is 6.54 Å². The molecule has 1 fully saturated rings. The summed E-state index contributed by atoms with van der Waals surface area (Å²) in [6, 6.07) is 6.18. The number of likely N-dealkylation sites (tertiary alicyclic amines) is 1. The van der Waals surface area contributed by atoms with Crippen molar-refractivity contribution in [3.8, 4) is 11.5 Å². The fourth-order valence-corrected chi connectivity index (χ4v) is 3.93. The molecule has 0 unspecified atom stereocenters. The molecule has 0 saturated carbocycles. The summed E-state index contributed by atoms with van der Waals surface area (Å²) in [5.74, 6) is 2.62. The van der Waals surface area contributed by atoms with Crippen molar-refractivity contribution < 1.29 is 9.47 Å². The zero-order chi connectivity index (χ0) is 19.4. The lowest BCUT2D eigenvalue weighted by molar-refractivity contribution is 0.204. The van der Waals surface area contributed by atoms with Gasteiger partial charge in [0.25, 0.3) is 0 Å². The van der Waals surface area contributed by atoms with Crippen LogP contribution in [0.25, 0.3) is 0 Å². The highest BCUT2D eigenvalue weighted by molar-refractivity contribution is 5.58. The molecule has 1 saturated heterocycles. The fraction of sp³-hybridized carbons (Fsp3) is 0.476. The van der Waals surface area contributed by atoms with Crippen molar-refractivity contribution in [1.29, 1.82) is 0 Å². The van der Waals surface area contributed by atoms with Gasteiger partial charge >= 0.3 is 0 Å². The maximum absolute atomic E-state index is 6.19. The Morgan fingerprint density at radius 1 is 1.19 bits per heavy atom. The number of nitrogen functional groups attached to an aromatic ring is 2. The number of benzene rings is 1. The number of hydrogen-bond donors (Lipinski definition) is 2. The van der Waals surface area contributed by atoms with Gasteiger partial charge in [0.15, 0.2) is 11.5 Å². The molecule has 3 rings (SSSR count). The molecule has 2 heterocycles. The van der Waals surface area contributed by atoms with E-state index in [1.165, 1.54) is 11.1 Å². The van der Waals surface area contributed by atoms with E-state index in [4.69, 9.17) is 20.9 Å². The Morgan fingerprint density at radius 3 is 2.59 bits per heavy atom. The zero-order valence-electron chi connectivity index (χ0n) is 16.5. The average molecular weight is 370 g/mol. The molecular weight excluding hydrogens is 340 g/mol. The first-order valence-electron chi connectivity index (χ1n) is 9.56. The van der Waals surface area contributed by atoms with Crippen molar-refractivity contribution in [3.05, 3.63) is 41.1 Å². The minimum atomic E-state index is 0.446. The van der Waals surface area contributed by atoms with Crippen LogP contribution >= 0.6 is 0 Å². The van der Waals surface area contributed by atoms with Crippen molar-refractivity contribution in [2.45, 2.75) is 39.2 Å². The van der Waals surface area contributed by atoms with Gasteiger partial charge in [-0.05, 0) is 74.5 Å². The SMILES string of the molecule is CCOc1cc(CN2CCC(c3c(N)cnc(N)c3C)CC2)ccc1OC. The summed E-state index contributed by atoms with van der Waals surface area (Å²) >= 11 is 0. The number of nitrogens with zero attached hydrogens (tertiary/aromatic N) is 2. The molecule has 6 nitrogen and oxygen atoms in total. The molecule has 6 heteroatoms. The number of pyridine rings is 1. The van der Waals surface area contributed by atoms with Gasteiger partial charge in [-0.25, -0.2) is 4.98 Å². The molecule has 2 aromatic rings. The van der Waals surface area contributed by atoms with Gasteiger partial charge in [0.1, 0.15) is 5.82 Å². The predicted octanol–water partition coefficient (Wildman–Crippen LogP) is 3.34.